The molecule has 0 radical (unpaired) electrons. The Hall–Kier alpha value is -1.03. The Balaban J connectivity index is 2.96. The number of hydrogen-bond acceptors (Lipinski definition) is 3. The summed E-state index contributed by atoms with van der Waals surface area (Å²) >= 11 is 3.46. The first-order valence-corrected chi connectivity index (χ1v) is 5.64. The lowest BCUT2D eigenvalue weighted by atomic mass is 10.3. The summed E-state index contributed by atoms with van der Waals surface area (Å²) in [4.78, 5) is 6.46. The fraction of sp³-hybridized carbons (Fsp3) is 0.364. The van der Waals surface area contributed by atoms with Gasteiger partial charge in [0.05, 0.1) is 16.4 Å². The van der Waals surface area contributed by atoms with Gasteiger partial charge in [0, 0.05) is 13.1 Å². The van der Waals surface area contributed by atoms with Crippen molar-refractivity contribution in [3.05, 3.63) is 28.9 Å². The molecule has 3 nitrogen and oxygen atoms in total. The zero-order valence-electron chi connectivity index (χ0n) is 9.13. The largest absolute Gasteiger partial charge is 0.397 e. The van der Waals surface area contributed by atoms with Gasteiger partial charge in [-0.15, -0.1) is 0 Å². The number of nitrogens with zero attached hydrogens (tertiary/aromatic N) is 2. The van der Waals surface area contributed by atoms with Crippen molar-refractivity contribution < 1.29 is 0 Å². The highest BCUT2D eigenvalue weighted by molar-refractivity contribution is 9.10. The highest BCUT2D eigenvalue weighted by Crippen LogP contribution is 2.25. The van der Waals surface area contributed by atoms with Crippen molar-refractivity contribution in [1.82, 2.24) is 4.98 Å². The molecule has 0 aliphatic heterocycles. The van der Waals surface area contributed by atoms with Crippen LogP contribution in [0.25, 0.3) is 0 Å². The SMILES string of the molecule is C=C(C)CN(CC)c1ncc(N)cc1Br. The first kappa shape index (κ1) is 12.0. The third-order valence-corrected chi connectivity index (χ3v) is 2.57. The van der Waals surface area contributed by atoms with Gasteiger partial charge >= 0.3 is 0 Å². The van der Waals surface area contributed by atoms with Crippen LogP contribution in [-0.4, -0.2) is 18.1 Å². The van der Waals surface area contributed by atoms with Gasteiger partial charge in [-0.3, -0.25) is 0 Å². The van der Waals surface area contributed by atoms with E-state index in [4.69, 9.17) is 5.73 Å². The molecule has 0 aromatic carbocycles. The summed E-state index contributed by atoms with van der Waals surface area (Å²) in [6.07, 6.45) is 1.67. The number of nitrogens with two attached hydrogens (primary N) is 1. The molecule has 1 aromatic rings. The summed E-state index contributed by atoms with van der Waals surface area (Å²) < 4.78 is 0.922. The molecule has 0 atom stereocenters. The van der Waals surface area contributed by atoms with Gasteiger partial charge in [-0.1, -0.05) is 12.2 Å². The summed E-state index contributed by atoms with van der Waals surface area (Å²) in [6.45, 7) is 9.71. The third kappa shape index (κ3) is 3.23. The highest BCUT2D eigenvalue weighted by atomic mass is 79.9. The highest BCUT2D eigenvalue weighted by Gasteiger charge is 2.09. The maximum absolute atomic E-state index is 5.64. The summed E-state index contributed by atoms with van der Waals surface area (Å²) in [5.41, 5.74) is 7.42. The summed E-state index contributed by atoms with van der Waals surface area (Å²) in [7, 11) is 0. The second-order valence-electron chi connectivity index (χ2n) is 3.55. The van der Waals surface area contributed by atoms with Gasteiger partial charge in [-0.2, -0.15) is 0 Å². The third-order valence-electron chi connectivity index (χ3n) is 1.98. The molecule has 4 heteroatoms. The predicted octanol–water partition coefficient (Wildman–Crippen LogP) is 2.83. The fourth-order valence-corrected chi connectivity index (χ4v) is 1.96. The minimum absolute atomic E-state index is 0.664. The Morgan fingerprint density at radius 1 is 1.67 bits per heavy atom. The topological polar surface area (TPSA) is 42.2 Å². The molecule has 2 N–H and O–H groups in total. The van der Waals surface area contributed by atoms with Crippen molar-refractivity contribution in [2.75, 3.05) is 23.7 Å². The zero-order chi connectivity index (χ0) is 11.4. The van der Waals surface area contributed by atoms with E-state index in [2.05, 4.69) is 39.3 Å². The van der Waals surface area contributed by atoms with E-state index < -0.39 is 0 Å². The number of anilines is 2. The van der Waals surface area contributed by atoms with E-state index in [9.17, 15) is 0 Å². The van der Waals surface area contributed by atoms with E-state index in [1.807, 2.05) is 13.0 Å². The Morgan fingerprint density at radius 3 is 2.80 bits per heavy atom. The summed E-state index contributed by atoms with van der Waals surface area (Å²) in [5.74, 6) is 0.912. The zero-order valence-corrected chi connectivity index (χ0v) is 10.7. The van der Waals surface area contributed by atoms with Crippen LogP contribution < -0.4 is 10.6 Å². The van der Waals surface area contributed by atoms with E-state index in [0.717, 1.165) is 29.0 Å². The maximum atomic E-state index is 5.64. The lowest BCUT2D eigenvalue weighted by Gasteiger charge is -2.23. The molecule has 0 spiro atoms. The minimum atomic E-state index is 0.664. The number of pyridine rings is 1. The first-order chi connectivity index (χ1) is 7.04. The molecule has 1 rings (SSSR count). The van der Waals surface area contributed by atoms with Crippen LogP contribution in [0.1, 0.15) is 13.8 Å². The number of nitrogen functional groups attached to an aromatic ring is 1. The van der Waals surface area contributed by atoms with Gasteiger partial charge in [0.2, 0.25) is 0 Å². The molecule has 0 fully saturated rings. The van der Waals surface area contributed by atoms with Crippen LogP contribution in [0.3, 0.4) is 0 Å². The summed E-state index contributed by atoms with van der Waals surface area (Å²) in [5, 5.41) is 0. The van der Waals surface area contributed by atoms with Crippen LogP contribution in [-0.2, 0) is 0 Å². The molecule has 0 unspecified atom stereocenters. The molecular weight excluding hydrogens is 254 g/mol. The van der Waals surface area contributed by atoms with Crippen molar-refractivity contribution in [1.29, 1.82) is 0 Å². The molecule has 0 aliphatic carbocycles. The van der Waals surface area contributed by atoms with Crippen LogP contribution in [0.4, 0.5) is 11.5 Å². The van der Waals surface area contributed by atoms with Crippen molar-refractivity contribution in [2.45, 2.75) is 13.8 Å². The minimum Gasteiger partial charge on any atom is -0.397 e. The van der Waals surface area contributed by atoms with E-state index in [1.165, 1.54) is 0 Å². The molecule has 0 amide bonds. The van der Waals surface area contributed by atoms with Gasteiger partial charge in [-0.25, -0.2) is 4.98 Å². The van der Waals surface area contributed by atoms with Crippen LogP contribution in [0.2, 0.25) is 0 Å². The van der Waals surface area contributed by atoms with E-state index in [0.29, 0.717) is 5.69 Å². The van der Waals surface area contributed by atoms with Crippen LogP contribution >= 0.6 is 15.9 Å². The average Bonchev–Trinajstić information content (AvgIpc) is 2.14. The Kier molecular flexibility index (Phi) is 4.15. The first-order valence-electron chi connectivity index (χ1n) is 4.85. The molecular formula is C11H16BrN3. The van der Waals surface area contributed by atoms with E-state index in [1.54, 1.807) is 6.20 Å². The predicted molar refractivity (Wildman–Crippen MR) is 69.1 cm³/mol. The van der Waals surface area contributed by atoms with Crippen molar-refractivity contribution >= 4 is 27.4 Å². The van der Waals surface area contributed by atoms with Gasteiger partial charge < -0.3 is 10.6 Å². The van der Waals surface area contributed by atoms with Crippen LogP contribution in [0.15, 0.2) is 28.9 Å². The standard InChI is InChI=1S/C11H16BrN3/c1-4-15(7-8(2)3)11-10(12)5-9(13)6-14-11/h5-6H,2,4,7,13H2,1,3H3. The van der Waals surface area contributed by atoms with Crippen molar-refractivity contribution in [2.24, 2.45) is 0 Å². The fourth-order valence-electron chi connectivity index (χ4n) is 1.34. The molecule has 0 saturated heterocycles. The van der Waals surface area contributed by atoms with Crippen molar-refractivity contribution in [3.63, 3.8) is 0 Å². The average molecular weight is 270 g/mol. The Morgan fingerprint density at radius 2 is 2.33 bits per heavy atom. The number of rotatable bonds is 4. The Bertz CT molecular complexity index is 363. The van der Waals surface area contributed by atoms with Gasteiger partial charge in [-0.05, 0) is 35.8 Å². The molecule has 0 aliphatic rings. The van der Waals surface area contributed by atoms with Gasteiger partial charge in [0.15, 0.2) is 0 Å². The lowest BCUT2D eigenvalue weighted by Crippen LogP contribution is -2.25. The number of hydrogen-bond donors (Lipinski definition) is 1. The van der Waals surface area contributed by atoms with Gasteiger partial charge in [0.1, 0.15) is 5.82 Å². The molecule has 0 saturated carbocycles. The monoisotopic (exact) mass is 269 g/mol. The van der Waals surface area contributed by atoms with Crippen LogP contribution in [0, 0.1) is 0 Å². The van der Waals surface area contributed by atoms with E-state index >= 15 is 0 Å². The maximum Gasteiger partial charge on any atom is 0.143 e. The molecule has 0 bridgehead atoms. The smallest absolute Gasteiger partial charge is 0.143 e. The Labute approximate surface area is 99.1 Å². The molecule has 1 heterocycles. The number of aromatic nitrogens is 1. The normalized spacial score (nSPS) is 10.1. The second kappa shape index (κ2) is 5.16. The quantitative estimate of drug-likeness (QED) is 0.855. The lowest BCUT2D eigenvalue weighted by molar-refractivity contribution is 0.856. The summed E-state index contributed by atoms with van der Waals surface area (Å²) in [6, 6.07) is 1.86. The van der Waals surface area contributed by atoms with Crippen molar-refractivity contribution in [3.8, 4) is 0 Å². The number of halogens is 1. The molecule has 15 heavy (non-hydrogen) atoms. The second-order valence-corrected chi connectivity index (χ2v) is 4.40. The number of likely N-dealkylation sites (N-methyl/N-ethyl adjacent to an activating group) is 1. The van der Waals surface area contributed by atoms with Crippen LogP contribution in [0.5, 0.6) is 0 Å². The molecule has 82 valence electrons. The van der Waals surface area contributed by atoms with Gasteiger partial charge in [0.25, 0.3) is 0 Å². The van der Waals surface area contributed by atoms with E-state index in [-0.39, 0.29) is 0 Å². The molecule has 1 aromatic heterocycles.